The predicted octanol–water partition coefficient (Wildman–Crippen LogP) is 1.35. The van der Waals surface area contributed by atoms with Crippen LogP contribution in [0.4, 0.5) is 0 Å². The van der Waals surface area contributed by atoms with Crippen LogP contribution in [0.15, 0.2) is 12.2 Å². The van der Waals surface area contributed by atoms with Gasteiger partial charge in [0.15, 0.2) is 0 Å². The Morgan fingerprint density at radius 3 is 2.17 bits per heavy atom. The van der Waals surface area contributed by atoms with Crippen LogP contribution in [-0.2, 0) is 9.53 Å². The first kappa shape index (κ1) is 13.7. The van der Waals surface area contributed by atoms with Gasteiger partial charge in [-0.05, 0) is 27.4 Å². The number of carbonyl (C=O) groups is 1. The molecule has 3 heteroatoms. The van der Waals surface area contributed by atoms with Gasteiger partial charge in [0.05, 0.1) is 6.61 Å². The molecule has 1 N–H and O–H groups in total. The molecule has 3 nitrogen and oxygen atoms in total. The minimum absolute atomic E-state index is 0.295. The van der Waals surface area contributed by atoms with Crippen molar-refractivity contribution < 1.29 is 9.53 Å². The first-order chi connectivity index (χ1) is 5.59. The molecule has 0 saturated carbocycles. The molecule has 0 aliphatic carbocycles. The van der Waals surface area contributed by atoms with Gasteiger partial charge in [-0.1, -0.05) is 13.5 Å². The normalized spacial score (nSPS) is 8.00. The first-order valence-electron chi connectivity index (χ1n) is 4.01. The molecule has 12 heavy (non-hydrogen) atoms. The molecule has 0 unspecified atom stereocenters. The van der Waals surface area contributed by atoms with Gasteiger partial charge >= 0.3 is 5.97 Å². The van der Waals surface area contributed by atoms with E-state index in [2.05, 4.69) is 11.9 Å². The molecular weight excluding hydrogens is 154 g/mol. The van der Waals surface area contributed by atoms with Crippen molar-refractivity contribution in [3.05, 3.63) is 12.2 Å². The third-order valence-corrected chi connectivity index (χ3v) is 0.786. The van der Waals surface area contributed by atoms with Crippen molar-refractivity contribution in [3.8, 4) is 0 Å². The molecule has 0 saturated heterocycles. The van der Waals surface area contributed by atoms with Crippen LogP contribution in [0, 0.1) is 0 Å². The highest BCUT2D eigenvalue weighted by Crippen LogP contribution is 1.91. The summed E-state index contributed by atoms with van der Waals surface area (Å²) in [6, 6.07) is 0. The second-order valence-electron chi connectivity index (χ2n) is 2.42. The lowest BCUT2D eigenvalue weighted by atomic mass is 10.4. The monoisotopic (exact) mass is 173 g/mol. The van der Waals surface area contributed by atoms with Gasteiger partial charge in [-0.3, -0.25) is 0 Å². The van der Waals surface area contributed by atoms with E-state index in [1.54, 1.807) is 6.92 Å². The van der Waals surface area contributed by atoms with Gasteiger partial charge in [-0.25, -0.2) is 4.79 Å². The number of nitrogens with one attached hydrogen (secondary N) is 1. The van der Waals surface area contributed by atoms with Crippen LogP contribution in [0.2, 0.25) is 0 Å². The maximum atomic E-state index is 10.6. The molecule has 0 aromatic rings. The van der Waals surface area contributed by atoms with E-state index in [-0.39, 0.29) is 5.97 Å². The summed E-state index contributed by atoms with van der Waals surface area (Å²) >= 11 is 0. The Labute approximate surface area is 74.8 Å². The number of ether oxygens (including phenoxy) is 1. The molecule has 0 aromatic carbocycles. The first-order valence-corrected chi connectivity index (χ1v) is 4.01. The van der Waals surface area contributed by atoms with Gasteiger partial charge in [0.2, 0.25) is 0 Å². The van der Waals surface area contributed by atoms with Gasteiger partial charge in [0, 0.05) is 5.57 Å². The topological polar surface area (TPSA) is 38.3 Å². The lowest BCUT2D eigenvalue weighted by Gasteiger charge is -1.99. The van der Waals surface area contributed by atoms with E-state index in [0.717, 1.165) is 6.42 Å². The molecule has 0 atom stereocenters. The fraction of sp³-hybridized carbons (Fsp3) is 0.667. The highest BCUT2D eigenvalue weighted by Gasteiger charge is 1.99. The highest BCUT2D eigenvalue weighted by molar-refractivity contribution is 5.86. The standard InChI is InChI=1S/C7H12O2.C2H7N/c1-4-5-9-7(8)6(2)3;1-3-2/h2,4-5H2,1,3H3;3H,1-2H3. The molecule has 0 spiro atoms. The van der Waals surface area contributed by atoms with Crippen molar-refractivity contribution in [1.29, 1.82) is 0 Å². The van der Waals surface area contributed by atoms with Crippen molar-refractivity contribution in [2.24, 2.45) is 0 Å². The lowest BCUT2D eigenvalue weighted by molar-refractivity contribution is -0.138. The minimum Gasteiger partial charge on any atom is -0.462 e. The van der Waals surface area contributed by atoms with Crippen molar-refractivity contribution in [3.63, 3.8) is 0 Å². The second-order valence-corrected chi connectivity index (χ2v) is 2.42. The summed E-state index contributed by atoms with van der Waals surface area (Å²) < 4.78 is 4.71. The Bertz CT molecular complexity index is 132. The Balaban J connectivity index is 0. The third-order valence-electron chi connectivity index (χ3n) is 0.786. The van der Waals surface area contributed by atoms with Crippen LogP contribution in [0.25, 0.3) is 0 Å². The summed E-state index contributed by atoms with van der Waals surface area (Å²) in [5, 5.41) is 2.75. The van der Waals surface area contributed by atoms with E-state index >= 15 is 0 Å². The van der Waals surface area contributed by atoms with Crippen LogP contribution >= 0.6 is 0 Å². The van der Waals surface area contributed by atoms with Crippen molar-refractivity contribution >= 4 is 5.97 Å². The van der Waals surface area contributed by atoms with E-state index in [9.17, 15) is 4.79 Å². The van der Waals surface area contributed by atoms with Gasteiger partial charge in [-0.15, -0.1) is 0 Å². The van der Waals surface area contributed by atoms with Crippen LogP contribution in [-0.4, -0.2) is 26.7 Å². The summed E-state index contributed by atoms with van der Waals surface area (Å²) in [4.78, 5) is 10.6. The van der Waals surface area contributed by atoms with Crippen molar-refractivity contribution in [1.82, 2.24) is 5.32 Å². The van der Waals surface area contributed by atoms with Gasteiger partial charge in [0.25, 0.3) is 0 Å². The van der Waals surface area contributed by atoms with E-state index in [1.807, 2.05) is 21.0 Å². The molecule has 72 valence electrons. The summed E-state index contributed by atoms with van der Waals surface area (Å²) in [5.41, 5.74) is 0.462. The molecule has 0 fully saturated rings. The molecule has 0 radical (unpaired) electrons. The van der Waals surface area contributed by atoms with Crippen LogP contribution in [0.5, 0.6) is 0 Å². The predicted molar refractivity (Wildman–Crippen MR) is 51.0 cm³/mol. The Hall–Kier alpha value is -0.830. The Morgan fingerprint density at radius 2 is 1.92 bits per heavy atom. The van der Waals surface area contributed by atoms with Crippen LogP contribution in [0.1, 0.15) is 20.3 Å². The molecular formula is C9H19NO2. The molecule has 0 amide bonds. The summed E-state index contributed by atoms with van der Waals surface area (Å²) in [6.07, 6.45) is 0.860. The smallest absolute Gasteiger partial charge is 0.333 e. The maximum absolute atomic E-state index is 10.6. The Morgan fingerprint density at radius 1 is 1.50 bits per heavy atom. The molecule has 0 aliphatic rings. The SMILES string of the molecule is C=C(C)C(=O)OCCC.CNC. The van der Waals surface area contributed by atoms with Gasteiger partial charge < -0.3 is 10.1 Å². The number of esters is 1. The third kappa shape index (κ3) is 11.9. The molecule has 0 heterocycles. The number of hydrogen-bond donors (Lipinski definition) is 1. The summed E-state index contributed by atoms with van der Waals surface area (Å²) in [7, 11) is 3.75. The second kappa shape index (κ2) is 10.2. The van der Waals surface area contributed by atoms with E-state index < -0.39 is 0 Å². The fourth-order valence-electron chi connectivity index (χ4n) is 0.318. The molecule has 0 aliphatic heterocycles. The zero-order valence-corrected chi connectivity index (χ0v) is 8.44. The lowest BCUT2D eigenvalue weighted by Crippen LogP contribution is -2.04. The number of hydrogen-bond acceptors (Lipinski definition) is 3. The zero-order valence-electron chi connectivity index (χ0n) is 8.44. The molecule has 0 aromatic heterocycles. The maximum Gasteiger partial charge on any atom is 0.333 e. The van der Waals surface area contributed by atoms with E-state index in [4.69, 9.17) is 4.74 Å². The van der Waals surface area contributed by atoms with Crippen LogP contribution in [0.3, 0.4) is 0 Å². The summed E-state index contributed by atoms with van der Waals surface area (Å²) in [5.74, 6) is -0.295. The van der Waals surface area contributed by atoms with Crippen LogP contribution < -0.4 is 5.32 Å². The molecule has 0 bridgehead atoms. The quantitative estimate of drug-likeness (QED) is 0.517. The largest absolute Gasteiger partial charge is 0.462 e. The fourth-order valence-corrected chi connectivity index (χ4v) is 0.318. The molecule has 0 rings (SSSR count). The average molecular weight is 173 g/mol. The van der Waals surface area contributed by atoms with Gasteiger partial charge in [0.1, 0.15) is 0 Å². The number of rotatable bonds is 3. The van der Waals surface area contributed by atoms with Crippen molar-refractivity contribution in [2.45, 2.75) is 20.3 Å². The van der Waals surface area contributed by atoms with Crippen molar-refractivity contribution in [2.75, 3.05) is 20.7 Å². The van der Waals surface area contributed by atoms with E-state index in [1.165, 1.54) is 0 Å². The average Bonchev–Trinajstić information content (AvgIpc) is 2.01. The van der Waals surface area contributed by atoms with Gasteiger partial charge in [-0.2, -0.15) is 0 Å². The highest BCUT2D eigenvalue weighted by atomic mass is 16.5. The summed E-state index contributed by atoms with van der Waals surface area (Å²) in [6.45, 7) is 7.51. The Kier molecular flexibility index (Phi) is 11.6. The van der Waals surface area contributed by atoms with E-state index in [0.29, 0.717) is 12.2 Å². The number of carbonyl (C=O) groups excluding carboxylic acids is 1. The minimum atomic E-state index is -0.295. The zero-order chi connectivity index (χ0) is 9.98.